The maximum atomic E-state index is 9.40. The lowest BCUT2D eigenvalue weighted by molar-refractivity contribution is -2.00. The molecule has 2 aromatic rings. The zero-order valence-corrected chi connectivity index (χ0v) is 12.4. The van der Waals surface area contributed by atoms with Gasteiger partial charge in [-0.3, -0.25) is 0 Å². The molecule has 1 N–H and O–H groups in total. The van der Waals surface area contributed by atoms with Crippen molar-refractivity contribution in [2.45, 2.75) is 13.8 Å². The molecule has 0 aliphatic heterocycles. The first-order valence-electron chi connectivity index (χ1n) is 6.17. The van der Waals surface area contributed by atoms with Crippen LogP contribution in [-0.4, -0.2) is 18.2 Å². The van der Waals surface area contributed by atoms with Gasteiger partial charge < -0.3 is 9.52 Å². The van der Waals surface area contributed by atoms with E-state index in [1.54, 1.807) is 12.1 Å². The van der Waals surface area contributed by atoms with Gasteiger partial charge in [-0.25, -0.2) is 18.6 Å². The number of nitrogens with zero attached hydrogens (tertiary/aromatic N) is 1. The monoisotopic (exact) mass is 317 g/mol. The number of phenols is 1. The van der Waals surface area contributed by atoms with Crippen LogP contribution in [0.4, 0.5) is 0 Å². The Kier molecular flexibility index (Phi) is 6.13. The highest BCUT2D eigenvalue weighted by Crippen LogP contribution is 2.17. The van der Waals surface area contributed by atoms with Gasteiger partial charge in [0.25, 0.3) is 0 Å². The van der Waals surface area contributed by atoms with Crippen LogP contribution in [0.5, 0.6) is 5.75 Å². The molecular weight excluding hydrogens is 302 g/mol. The molecule has 0 bridgehead atoms. The van der Waals surface area contributed by atoms with Crippen LogP contribution in [0.1, 0.15) is 13.8 Å². The molecule has 0 aliphatic rings. The van der Waals surface area contributed by atoms with Gasteiger partial charge in [0.2, 0.25) is 0 Å². The molecule has 0 amide bonds. The van der Waals surface area contributed by atoms with E-state index in [0.29, 0.717) is 5.58 Å². The third-order valence-electron chi connectivity index (χ3n) is 2.69. The Morgan fingerprint density at radius 1 is 1.05 bits per heavy atom. The van der Waals surface area contributed by atoms with Gasteiger partial charge in [-0.05, 0) is 32.0 Å². The fourth-order valence-electron chi connectivity index (χ4n) is 1.76. The van der Waals surface area contributed by atoms with Crippen LogP contribution < -0.4 is 28.8 Å². The van der Waals surface area contributed by atoms with Crippen LogP contribution in [0, 0.1) is 10.2 Å². The second-order valence-electron chi connectivity index (χ2n) is 4.05. The zero-order valence-electron chi connectivity index (χ0n) is 11.6. The number of aromatic hydroxyl groups is 1. The van der Waals surface area contributed by atoms with Gasteiger partial charge >= 0.3 is 5.55 Å². The molecule has 1 aromatic carbocycles. The summed E-state index contributed by atoms with van der Waals surface area (Å²) in [5.74, 6) is 0.230. The fraction of sp³-hybridized carbons (Fsp3) is 0.308. The third kappa shape index (κ3) is 6.11. The van der Waals surface area contributed by atoms with Crippen molar-refractivity contribution in [1.29, 1.82) is 0 Å². The van der Waals surface area contributed by atoms with Gasteiger partial charge in [0, 0.05) is 11.5 Å². The molecule has 21 heavy (non-hydrogen) atoms. The maximum absolute atomic E-state index is 9.40. The molecular formula is C13H16ClNO6. The van der Waals surface area contributed by atoms with Gasteiger partial charge in [0.05, 0.1) is 6.07 Å². The van der Waals surface area contributed by atoms with E-state index in [2.05, 4.69) is 18.4 Å². The summed E-state index contributed by atoms with van der Waals surface area (Å²) in [6, 6.07) is 9.12. The molecule has 0 saturated heterocycles. The maximum Gasteiger partial charge on any atom is 0.367 e. The van der Waals surface area contributed by atoms with Crippen LogP contribution in [-0.2, 0) is 0 Å². The van der Waals surface area contributed by atoms with E-state index >= 15 is 0 Å². The molecule has 8 heteroatoms. The van der Waals surface area contributed by atoms with Crippen molar-refractivity contribution in [1.82, 2.24) is 4.58 Å². The quantitative estimate of drug-likeness (QED) is 0.595. The Bertz CT molecular complexity index is 649. The predicted octanol–water partition coefficient (Wildman–Crippen LogP) is -2.81. The lowest BCUT2D eigenvalue weighted by Gasteiger charge is -2.17. The average Bonchev–Trinajstić information content (AvgIpc) is 2.37. The van der Waals surface area contributed by atoms with Crippen LogP contribution in [0.25, 0.3) is 11.0 Å². The third-order valence-corrected chi connectivity index (χ3v) is 2.69. The van der Waals surface area contributed by atoms with E-state index in [1.165, 1.54) is 0 Å². The number of hydrogen-bond donors (Lipinski definition) is 1. The SMILES string of the molecule is CC[N+](CC)=c1ccc2ccc(O)cc2o1.[O-][Cl+3]([O-])([O-])[O-]. The first-order chi connectivity index (χ1) is 9.74. The molecule has 1 heterocycles. The summed E-state index contributed by atoms with van der Waals surface area (Å²) >= 11 is 0. The standard InChI is InChI=1S/C13H15NO2.ClHO4/c1-3-14(4-2)13-8-6-10-5-7-11(15)9-12(10)16-13;2-1(3,4)5/h5-9H,3-4H2,1-2H3;(H,2,3,4,5). The Morgan fingerprint density at radius 3 is 2.10 bits per heavy atom. The van der Waals surface area contributed by atoms with Gasteiger partial charge in [-0.1, -0.05) is 0 Å². The zero-order chi connectivity index (χ0) is 16.0. The number of benzene rings is 1. The van der Waals surface area contributed by atoms with Crippen LogP contribution >= 0.6 is 0 Å². The topological polar surface area (TPSA) is 129 Å². The summed E-state index contributed by atoms with van der Waals surface area (Å²) in [6.45, 7) is 5.99. The normalized spacial score (nSPS) is 11.0. The lowest BCUT2D eigenvalue weighted by atomic mass is 10.2. The minimum absolute atomic E-state index is 0.230. The second-order valence-corrected chi connectivity index (χ2v) is 4.80. The molecule has 1 aromatic heterocycles. The van der Waals surface area contributed by atoms with Crippen LogP contribution in [0.3, 0.4) is 0 Å². The molecule has 0 spiro atoms. The van der Waals surface area contributed by atoms with Crippen LogP contribution in [0.2, 0.25) is 0 Å². The van der Waals surface area contributed by atoms with E-state index in [0.717, 1.165) is 24.0 Å². The largest absolute Gasteiger partial charge is 0.508 e. The highest BCUT2D eigenvalue weighted by molar-refractivity contribution is 5.77. The van der Waals surface area contributed by atoms with E-state index in [4.69, 9.17) is 23.1 Å². The average molecular weight is 318 g/mol. The molecule has 0 unspecified atom stereocenters. The summed E-state index contributed by atoms with van der Waals surface area (Å²) in [7, 11) is -4.94. The number of hydrogen-bond acceptors (Lipinski definition) is 6. The van der Waals surface area contributed by atoms with E-state index in [1.807, 2.05) is 18.2 Å². The van der Waals surface area contributed by atoms with E-state index < -0.39 is 10.2 Å². The molecule has 0 atom stereocenters. The van der Waals surface area contributed by atoms with Crippen molar-refractivity contribution < 1.29 is 38.4 Å². The van der Waals surface area contributed by atoms with Gasteiger partial charge in [0.15, 0.2) is 0 Å². The van der Waals surface area contributed by atoms with Gasteiger partial charge in [-0.15, -0.1) is 10.2 Å². The molecule has 0 fully saturated rings. The van der Waals surface area contributed by atoms with Crippen molar-refractivity contribution >= 4 is 11.0 Å². The minimum atomic E-state index is -4.94. The summed E-state index contributed by atoms with van der Waals surface area (Å²) in [5, 5.41) is 10.4. The highest BCUT2D eigenvalue weighted by atomic mass is 35.7. The Morgan fingerprint density at radius 2 is 1.57 bits per heavy atom. The number of fused-ring (bicyclic) bond motifs is 1. The predicted molar refractivity (Wildman–Crippen MR) is 64.2 cm³/mol. The van der Waals surface area contributed by atoms with Crippen molar-refractivity contribution in [3.05, 3.63) is 35.9 Å². The van der Waals surface area contributed by atoms with E-state index in [9.17, 15) is 5.11 Å². The van der Waals surface area contributed by atoms with Crippen LogP contribution in [0.15, 0.2) is 34.7 Å². The fourth-order valence-corrected chi connectivity index (χ4v) is 1.76. The minimum Gasteiger partial charge on any atom is -0.508 e. The van der Waals surface area contributed by atoms with Crippen molar-refractivity contribution in [2.75, 3.05) is 13.1 Å². The van der Waals surface area contributed by atoms with Crippen molar-refractivity contribution in [2.24, 2.45) is 0 Å². The van der Waals surface area contributed by atoms with Crippen molar-refractivity contribution in [3.8, 4) is 5.75 Å². The first-order valence-corrected chi connectivity index (χ1v) is 7.40. The Hall–Kier alpha value is -1.64. The Labute approximate surface area is 123 Å². The summed E-state index contributed by atoms with van der Waals surface area (Å²) in [6.07, 6.45) is 0. The first kappa shape index (κ1) is 17.4. The molecule has 0 aliphatic carbocycles. The summed E-state index contributed by atoms with van der Waals surface area (Å²) in [5.41, 5.74) is 1.55. The molecule has 116 valence electrons. The number of halogens is 1. The molecule has 0 saturated carbocycles. The highest BCUT2D eigenvalue weighted by Gasteiger charge is 2.03. The van der Waals surface area contributed by atoms with Crippen molar-refractivity contribution in [3.63, 3.8) is 0 Å². The lowest BCUT2D eigenvalue weighted by Crippen LogP contribution is -2.68. The second kappa shape index (κ2) is 7.39. The molecule has 0 radical (unpaired) electrons. The summed E-state index contributed by atoms with van der Waals surface area (Å²) in [4.78, 5) is 0. The molecule has 7 nitrogen and oxygen atoms in total. The number of phenolic OH excluding ortho intramolecular Hbond substituents is 1. The van der Waals surface area contributed by atoms with Gasteiger partial charge in [0.1, 0.15) is 24.4 Å². The van der Waals surface area contributed by atoms with E-state index in [-0.39, 0.29) is 5.75 Å². The Balaban J connectivity index is 0.000000383. The molecule has 2 rings (SSSR count). The summed E-state index contributed by atoms with van der Waals surface area (Å²) < 4.78 is 41.9. The van der Waals surface area contributed by atoms with Gasteiger partial charge in [-0.2, -0.15) is 4.58 Å². The number of rotatable bonds is 2. The smallest absolute Gasteiger partial charge is 0.367 e.